The van der Waals surface area contributed by atoms with Crippen LogP contribution in [-0.2, 0) is 14.4 Å². The molecule has 32 heavy (non-hydrogen) atoms. The van der Waals surface area contributed by atoms with E-state index in [4.69, 9.17) is 5.73 Å². The molecule has 0 bridgehead atoms. The highest BCUT2D eigenvalue weighted by molar-refractivity contribution is 5.92. The van der Waals surface area contributed by atoms with Gasteiger partial charge in [-0.3, -0.25) is 24.2 Å². The summed E-state index contributed by atoms with van der Waals surface area (Å²) in [4.78, 5) is 42.7. The fourth-order valence-corrected chi connectivity index (χ4v) is 3.86. The van der Waals surface area contributed by atoms with Gasteiger partial charge < -0.3 is 11.1 Å². The molecule has 0 radical (unpaired) electrons. The third-order valence-corrected chi connectivity index (χ3v) is 6.52. The van der Waals surface area contributed by atoms with Crippen LogP contribution in [0.5, 0.6) is 0 Å². The van der Waals surface area contributed by atoms with Gasteiger partial charge in [-0.2, -0.15) is 0 Å². The summed E-state index contributed by atoms with van der Waals surface area (Å²) in [5.41, 5.74) is 4.16. The summed E-state index contributed by atoms with van der Waals surface area (Å²) < 4.78 is 0. The predicted octanol–water partition coefficient (Wildman–Crippen LogP) is 3.40. The first-order valence-corrected chi connectivity index (χ1v) is 12.6. The van der Waals surface area contributed by atoms with Gasteiger partial charge in [-0.25, -0.2) is 0 Å². The van der Waals surface area contributed by atoms with E-state index in [1.54, 1.807) is 7.05 Å². The highest BCUT2D eigenvalue weighted by Gasteiger charge is 2.43. The van der Waals surface area contributed by atoms with E-state index in [1.165, 1.54) is 0 Å². The van der Waals surface area contributed by atoms with Gasteiger partial charge in [0.05, 0.1) is 24.2 Å². The minimum absolute atomic E-state index is 0.0575. The first-order valence-electron chi connectivity index (χ1n) is 12.6. The van der Waals surface area contributed by atoms with E-state index in [2.05, 4.69) is 12.2 Å². The van der Waals surface area contributed by atoms with Gasteiger partial charge in [0.15, 0.2) is 11.6 Å². The van der Waals surface area contributed by atoms with Crippen LogP contribution in [0.25, 0.3) is 0 Å². The van der Waals surface area contributed by atoms with Gasteiger partial charge in [-0.05, 0) is 65.6 Å². The molecular formula is C25H52N4O3. The number of hydrogen-bond acceptors (Lipinski definition) is 6. The summed E-state index contributed by atoms with van der Waals surface area (Å²) in [5, 5.41) is 2.66. The molecular weight excluding hydrogens is 404 g/mol. The summed E-state index contributed by atoms with van der Waals surface area (Å²) in [6.07, 6.45) is 4.04. The molecule has 0 aliphatic carbocycles. The van der Waals surface area contributed by atoms with Crippen LogP contribution in [0.4, 0.5) is 0 Å². The summed E-state index contributed by atoms with van der Waals surface area (Å²) >= 11 is 0. The molecule has 0 saturated heterocycles. The average Bonchev–Trinajstić information content (AvgIpc) is 2.81. The SMILES string of the molecule is CC.CCCN(CC(=O)NC)C(C)(CC)C(=O)CN(CCC)C(C)(CC)C(=O)CCCN. The lowest BCUT2D eigenvalue weighted by Crippen LogP contribution is -2.61. The van der Waals surface area contributed by atoms with Crippen LogP contribution in [0.1, 0.15) is 93.9 Å². The fraction of sp³-hybridized carbons (Fsp3) is 0.880. The van der Waals surface area contributed by atoms with Crippen molar-refractivity contribution in [3.8, 4) is 0 Å². The zero-order valence-corrected chi connectivity index (χ0v) is 22.5. The van der Waals surface area contributed by atoms with E-state index < -0.39 is 11.1 Å². The van der Waals surface area contributed by atoms with Crippen molar-refractivity contribution in [3.05, 3.63) is 0 Å². The van der Waals surface area contributed by atoms with Crippen LogP contribution in [0.3, 0.4) is 0 Å². The van der Waals surface area contributed by atoms with Gasteiger partial charge in [0.2, 0.25) is 5.91 Å². The van der Waals surface area contributed by atoms with E-state index >= 15 is 0 Å². The molecule has 0 saturated carbocycles. The monoisotopic (exact) mass is 456 g/mol. The molecule has 0 rings (SSSR count). The Bertz CT molecular complexity index is 555. The number of hydrogen-bond donors (Lipinski definition) is 2. The molecule has 0 fully saturated rings. The Labute approximate surface area is 197 Å². The molecule has 7 nitrogen and oxygen atoms in total. The number of carbonyl (C=O) groups is 3. The second kappa shape index (κ2) is 17.2. The Balaban J connectivity index is 0. The second-order valence-corrected chi connectivity index (χ2v) is 8.51. The number of ketones is 2. The van der Waals surface area contributed by atoms with Crippen molar-refractivity contribution in [3.63, 3.8) is 0 Å². The van der Waals surface area contributed by atoms with Gasteiger partial charge >= 0.3 is 0 Å². The largest absolute Gasteiger partial charge is 0.358 e. The maximum atomic E-state index is 13.6. The van der Waals surface area contributed by atoms with Gasteiger partial charge in [0, 0.05) is 13.5 Å². The quantitative estimate of drug-likeness (QED) is 0.348. The third kappa shape index (κ3) is 9.28. The number of likely N-dealkylation sites (N-methyl/N-ethyl adjacent to an activating group) is 1. The van der Waals surface area contributed by atoms with E-state index in [-0.39, 0.29) is 30.6 Å². The Morgan fingerprint density at radius 2 is 1.25 bits per heavy atom. The van der Waals surface area contributed by atoms with Crippen LogP contribution < -0.4 is 11.1 Å². The van der Waals surface area contributed by atoms with Crippen molar-refractivity contribution in [2.45, 2.75) is 105 Å². The molecule has 3 N–H and O–H groups in total. The average molecular weight is 457 g/mol. The molecule has 0 aromatic heterocycles. The first-order chi connectivity index (χ1) is 15.1. The van der Waals surface area contributed by atoms with E-state index in [9.17, 15) is 14.4 Å². The molecule has 0 heterocycles. The lowest BCUT2D eigenvalue weighted by atomic mass is 9.85. The lowest BCUT2D eigenvalue weighted by Gasteiger charge is -2.44. The smallest absolute Gasteiger partial charge is 0.233 e. The number of amides is 1. The summed E-state index contributed by atoms with van der Waals surface area (Å²) in [5.74, 6) is 0.101. The highest BCUT2D eigenvalue weighted by atomic mass is 16.2. The van der Waals surface area contributed by atoms with Crippen LogP contribution in [0, 0.1) is 0 Å². The van der Waals surface area contributed by atoms with Crippen molar-refractivity contribution in [2.24, 2.45) is 5.73 Å². The second-order valence-electron chi connectivity index (χ2n) is 8.51. The van der Waals surface area contributed by atoms with E-state index in [0.717, 1.165) is 12.8 Å². The first kappa shape index (κ1) is 32.9. The molecule has 0 aliphatic heterocycles. The maximum Gasteiger partial charge on any atom is 0.233 e. The number of nitrogens with zero attached hydrogens (tertiary/aromatic N) is 2. The fourth-order valence-electron chi connectivity index (χ4n) is 3.86. The van der Waals surface area contributed by atoms with Crippen molar-refractivity contribution in [1.82, 2.24) is 15.1 Å². The Morgan fingerprint density at radius 1 is 0.812 bits per heavy atom. The molecule has 0 aromatic carbocycles. The molecule has 2 unspecified atom stereocenters. The number of nitrogens with two attached hydrogens (primary N) is 1. The molecule has 0 aromatic rings. The van der Waals surface area contributed by atoms with E-state index in [0.29, 0.717) is 45.3 Å². The standard InChI is InChI=1S/C23H46N4O3.C2H6/c1-8-15-26(22(5,10-3)19(28)13-12-14-24)17-20(29)23(6,11-4)27(16-9-2)18-21(30)25-7;1-2/h8-18,24H2,1-7H3,(H,25,30);1-2H3. The Hall–Kier alpha value is -1.31. The Kier molecular flexibility index (Phi) is 17.7. The minimum atomic E-state index is -0.760. The molecule has 2 atom stereocenters. The summed E-state index contributed by atoms with van der Waals surface area (Å²) in [6.45, 7) is 18.2. The van der Waals surface area contributed by atoms with Crippen LogP contribution in [0.2, 0.25) is 0 Å². The van der Waals surface area contributed by atoms with Crippen molar-refractivity contribution in [1.29, 1.82) is 0 Å². The third-order valence-electron chi connectivity index (χ3n) is 6.52. The van der Waals surface area contributed by atoms with Gasteiger partial charge in [0.25, 0.3) is 0 Å². The highest BCUT2D eigenvalue weighted by Crippen LogP contribution is 2.27. The summed E-state index contributed by atoms with van der Waals surface area (Å²) in [6, 6.07) is 0. The number of rotatable bonds is 17. The molecule has 190 valence electrons. The van der Waals surface area contributed by atoms with Crippen molar-refractivity contribution >= 4 is 17.5 Å². The minimum Gasteiger partial charge on any atom is -0.358 e. The number of carbonyl (C=O) groups excluding carboxylic acids is 3. The van der Waals surface area contributed by atoms with Crippen molar-refractivity contribution in [2.75, 3.05) is 39.8 Å². The normalized spacial score (nSPS) is 14.9. The van der Waals surface area contributed by atoms with Crippen LogP contribution in [0.15, 0.2) is 0 Å². The van der Waals surface area contributed by atoms with Gasteiger partial charge in [-0.1, -0.05) is 41.5 Å². The zero-order chi connectivity index (χ0) is 25.4. The van der Waals surface area contributed by atoms with Gasteiger partial charge in [-0.15, -0.1) is 0 Å². The van der Waals surface area contributed by atoms with Crippen molar-refractivity contribution < 1.29 is 14.4 Å². The van der Waals surface area contributed by atoms with Crippen LogP contribution in [-0.4, -0.2) is 78.1 Å². The summed E-state index contributed by atoms with van der Waals surface area (Å²) in [7, 11) is 1.61. The molecule has 0 aliphatic rings. The van der Waals surface area contributed by atoms with E-state index in [1.807, 2.05) is 58.3 Å². The molecule has 1 amide bonds. The molecule has 7 heteroatoms. The lowest BCUT2D eigenvalue weighted by molar-refractivity contribution is -0.139. The van der Waals surface area contributed by atoms with Gasteiger partial charge in [0.1, 0.15) is 0 Å². The zero-order valence-electron chi connectivity index (χ0n) is 22.5. The van der Waals surface area contributed by atoms with Crippen LogP contribution >= 0.6 is 0 Å². The Morgan fingerprint density at radius 3 is 1.62 bits per heavy atom. The number of Topliss-reactive ketones (excluding diaryl/α,β-unsaturated/α-hetero) is 2. The molecule has 0 spiro atoms. The topological polar surface area (TPSA) is 95.7 Å². The predicted molar refractivity (Wildman–Crippen MR) is 135 cm³/mol. The maximum absolute atomic E-state index is 13.6. The number of nitrogens with one attached hydrogen (secondary N) is 1.